The monoisotopic (exact) mass is 421 g/mol. The van der Waals surface area contributed by atoms with Crippen LogP contribution in [0.15, 0.2) is 51.6 Å². The average molecular weight is 422 g/mol. The lowest BCUT2D eigenvalue weighted by atomic mass is 9.81. The molecule has 0 spiro atoms. The van der Waals surface area contributed by atoms with E-state index in [1.807, 2.05) is 0 Å². The van der Waals surface area contributed by atoms with Crippen LogP contribution in [0.25, 0.3) is 0 Å². The van der Waals surface area contributed by atoms with Crippen molar-refractivity contribution in [2.75, 3.05) is 7.05 Å². The number of likely N-dealkylation sites (N-methyl/N-ethyl adjacent to an activating group) is 1. The van der Waals surface area contributed by atoms with Gasteiger partial charge in [0.2, 0.25) is 0 Å². The first-order valence-corrected chi connectivity index (χ1v) is 10.0. The molecule has 2 amide bonds. The maximum absolute atomic E-state index is 13.4. The third-order valence-electron chi connectivity index (χ3n) is 5.92. The Morgan fingerprint density at radius 1 is 1.29 bits per heavy atom. The van der Waals surface area contributed by atoms with E-state index in [9.17, 15) is 14.5 Å². The summed E-state index contributed by atoms with van der Waals surface area (Å²) in [5.41, 5.74) is 4.79. The molecule has 3 rings (SSSR count). The fraction of sp³-hybridized carbons (Fsp3) is 0.391. The molecule has 1 aliphatic heterocycles. The van der Waals surface area contributed by atoms with Crippen molar-refractivity contribution < 1.29 is 9.59 Å². The van der Waals surface area contributed by atoms with E-state index in [1.165, 1.54) is 22.8 Å². The van der Waals surface area contributed by atoms with Gasteiger partial charge in [-0.05, 0) is 47.4 Å². The molecule has 0 saturated carbocycles. The van der Waals surface area contributed by atoms with E-state index in [-0.39, 0.29) is 34.6 Å². The number of carbonyl (C=O) groups is 2. The van der Waals surface area contributed by atoms with Crippen molar-refractivity contribution in [2.45, 2.75) is 52.0 Å². The molecule has 0 aromatic heterocycles. The van der Waals surface area contributed by atoms with Crippen LogP contribution in [-0.4, -0.2) is 41.2 Å². The fourth-order valence-corrected chi connectivity index (χ4v) is 4.41. The molecule has 1 aromatic carbocycles. The van der Waals surface area contributed by atoms with Gasteiger partial charge in [-0.2, -0.15) is 5.10 Å². The van der Waals surface area contributed by atoms with Crippen LogP contribution in [0.3, 0.4) is 0 Å². The Morgan fingerprint density at radius 3 is 2.55 bits per heavy atom. The van der Waals surface area contributed by atoms with Crippen molar-refractivity contribution in [3.05, 3.63) is 63.5 Å². The zero-order chi connectivity index (χ0) is 23.1. The van der Waals surface area contributed by atoms with E-state index < -0.39 is 5.91 Å². The van der Waals surface area contributed by atoms with Crippen molar-refractivity contribution in [3.63, 3.8) is 0 Å². The van der Waals surface area contributed by atoms with Gasteiger partial charge >= 0.3 is 5.91 Å². The highest BCUT2D eigenvalue weighted by atomic mass is 16.3. The maximum Gasteiger partial charge on any atom is 0.335 e. The van der Waals surface area contributed by atoms with E-state index >= 15 is 0 Å². The zero-order valence-electron chi connectivity index (χ0n) is 18.6. The van der Waals surface area contributed by atoms with Crippen LogP contribution in [0.4, 0.5) is 0 Å². The molecule has 0 fully saturated rings. The molecular weight excluding hydrogens is 394 g/mol. The Hall–Kier alpha value is -3.42. The van der Waals surface area contributed by atoms with Gasteiger partial charge in [-0.3, -0.25) is 9.59 Å². The van der Waals surface area contributed by atoms with E-state index in [1.54, 1.807) is 11.9 Å². The molecule has 1 unspecified atom stereocenters. The number of nitrogens with zero attached hydrogens (tertiary/aromatic N) is 5. The van der Waals surface area contributed by atoms with Gasteiger partial charge in [0.15, 0.2) is 0 Å². The summed E-state index contributed by atoms with van der Waals surface area (Å²) in [6.07, 6.45) is 2.87. The van der Waals surface area contributed by atoms with Crippen molar-refractivity contribution in [1.82, 2.24) is 9.91 Å². The molecule has 1 aliphatic carbocycles. The predicted molar refractivity (Wildman–Crippen MR) is 121 cm³/mol. The summed E-state index contributed by atoms with van der Waals surface area (Å²) in [5, 5.41) is 7.34. The molecule has 0 bridgehead atoms. The van der Waals surface area contributed by atoms with Gasteiger partial charge in [-0.1, -0.05) is 39.5 Å². The van der Waals surface area contributed by atoms with Gasteiger partial charge in [-0.15, -0.1) is 4.91 Å². The SMILES string of the molecule is C=NN1C(=C)N=C(C(=O)N=O)C=C1C(=O)N(C)C1CCc2c1ccc(C(C)(C)C)c2C. The Bertz CT molecular complexity index is 1060. The van der Waals surface area contributed by atoms with Crippen molar-refractivity contribution in [1.29, 1.82) is 0 Å². The number of hydrazone groups is 1. The number of rotatable bonds is 4. The molecule has 0 saturated heterocycles. The van der Waals surface area contributed by atoms with Crippen LogP contribution in [0, 0.1) is 11.8 Å². The van der Waals surface area contributed by atoms with E-state index in [0.29, 0.717) is 0 Å². The van der Waals surface area contributed by atoms with Crippen molar-refractivity contribution in [3.8, 4) is 0 Å². The number of aliphatic imine (C=N–C) groups is 1. The smallest absolute Gasteiger partial charge is 0.333 e. The topological polar surface area (TPSA) is 94.8 Å². The Balaban J connectivity index is 1.97. The van der Waals surface area contributed by atoms with Gasteiger partial charge in [0.05, 0.1) is 6.04 Å². The van der Waals surface area contributed by atoms with Crippen molar-refractivity contribution in [2.24, 2.45) is 15.3 Å². The molecule has 8 nitrogen and oxygen atoms in total. The standard InChI is InChI=1S/C23H27N5O3/c1-13-15-9-11-19(16(15)8-10-17(13)23(3,4)5)27(7)22(30)20-12-18(21(29)26-31)25-14(2)28(20)24-6/h8,10,12,19H,2,6,9,11H2,1,3-5,7H3. The van der Waals surface area contributed by atoms with Gasteiger partial charge in [-0.25, -0.2) is 10.0 Å². The van der Waals surface area contributed by atoms with Crippen LogP contribution in [-0.2, 0) is 21.4 Å². The number of hydrogen-bond acceptors (Lipinski definition) is 6. The number of fused-ring (bicyclic) bond motifs is 1. The summed E-state index contributed by atoms with van der Waals surface area (Å²) < 4.78 is 0. The molecule has 1 aromatic rings. The second kappa shape index (κ2) is 8.02. The second-order valence-electron chi connectivity index (χ2n) is 8.82. The van der Waals surface area contributed by atoms with E-state index in [4.69, 9.17) is 0 Å². The van der Waals surface area contributed by atoms with Crippen LogP contribution in [0.5, 0.6) is 0 Å². The van der Waals surface area contributed by atoms with Crippen LogP contribution < -0.4 is 0 Å². The third-order valence-corrected chi connectivity index (χ3v) is 5.92. The number of benzene rings is 1. The highest BCUT2D eigenvalue weighted by Crippen LogP contribution is 2.41. The molecule has 0 radical (unpaired) electrons. The van der Waals surface area contributed by atoms with Gasteiger partial charge < -0.3 is 4.90 Å². The quantitative estimate of drug-likeness (QED) is 0.546. The first-order valence-electron chi connectivity index (χ1n) is 10.0. The predicted octanol–water partition coefficient (Wildman–Crippen LogP) is 3.76. The summed E-state index contributed by atoms with van der Waals surface area (Å²) in [5.74, 6) is -1.44. The first kappa shape index (κ1) is 22.3. The van der Waals surface area contributed by atoms with E-state index in [2.05, 4.69) is 68.4 Å². The third kappa shape index (κ3) is 3.85. The van der Waals surface area contributed by atoms with Gasteiger partial charge in [0.25, 0.3) is 5.91 Å². The lowest BCUT2D eigenvalue weighted by molar-refractivity contribution is -0.129. The molecule has 31 heavy (non-hydrogen) atoms. The molecular formula is C23H27N5O3. The number of hydrogen-bond donors (Lipinski definition) is 0. The molecule has 162 valence electrons. The summed E-state index contributed by atoms with van der Waals surface area (Å²) in [7, 11) is 1.71. The molecule has 1 atom stereocenters. The zero-order valence-corrected chi connectivity index (χ0v) is 18.6. The molecule has 1 heterocycles. The highest BCUT2D eigenvalue weighted by Gasteiger charge is 2.35. The second-order valence-corrected chi connectivity index (χ2v) is 8.82. The number of nitroso groups, excluding NO2 is 1. The fourth-order valence-electron chi connectivity index (χ4n) is 4.41. The summed E-state index contributed by atoms with van der Waals surface area (Å²) in [6, 6.07) is 4.12. The Kier molecular flexibility index (Phi) is 5.76. The lowest BCUT2D eigenvalue weighted by Gasteiger charge is -2.31. The van der Waals surface area contributed by atoms with Crippen molar-refractivity contribution >= 4 is 24.2 Å². The first-order chi connectivity index (χ1) is 14.5. The number of carbonyl (C=O) groups excluding carboxylic acids is 2. The van der Waals surface area contributed by atoms with Gasteiger partial charge in [0.1, 0.15) is 17.2 Å². The Labute approximate surface area is 182 Å². The maximum atomic E-state index is 13.4. The molecule has 2 aliphatic rings. The minimum atomic E-state index is -1.07. The molecule has 0 N–H and O–H groups in total. The van der Waals surface area contributed by atoms with E-state index in [0.717, 1.165) is 23.4 Å². The van der Waals surface area contributed by atoms with Gasteiger partial charge in [0, 0.05) is 25.0 Å². The lowest BCUT2D eigenvalue weighted by Crippen LogP contribution is -2.38. The minimum Gasteiger partial charge on any atom is -0.333 e. The van der Waals surface area contributed by atoms with Crippen LogP contribution >= 0.6 is 0 Å². The largest absolute Gasteiger partial charge is 0.335 e. The summed E-state index contributed by atoms with van der Waals surface area (Å²) in [6.45, 7) is 15.9. The van der Waals surface area contributed by atoms with Crippen LogP contribution in [0.2, 0.25) is 0 Å². The number of amides is 2. The minimum absolute atomic E-state index is 0.0127. The summed E-state index contributed by atoms with van der Waals surface area (Å²) in [4.78, 5) is 41.3. The molecule has 8 heteroatoms. The average Bonchev–Trinajstić information content (AvgIpc) is 3.15. The van der Waals surface area contributed by atoms with Crippen LogP contribution in [0.1, 0.15) is 55.5 Å². The summed E-state index contributed by atoms with van der Waals surface area (Å²) >= 11 is 0. The highest BCUT2D eigenvalue weighted by molar-refractivity contribution is 6.44. The Morgan fingerprint density at radius 2 is 1.97 bits per heavy atom. The normalized spacial score (nSPS) is 18.2.